The smallest absolute Gasteiger partial charge is 0.0101 e. The summed E-state index contributed by atoms with van der Waals surface area (Å²) in [5, 5.41) is 3.46. The van der Waals surface area contributed by atoms with Crippen molar-refractivity contribution in [2.24, 2.45) is 0 Å². The summed E-state index contributed by atoms with van der Waals surface area (Å²) in [6, 6.07) is 0.713. The Morgan fingerprint density at radius 3 is 3.00 bits per heavy atom. The molecule has 0 aliphatic carbocycles. The molecule has 0 aromatic rings. The Labute approximate surface area is 63.2 Å². The van der Waals surface area contributed by atoms with Gasteiger partial charge in [0, 0.05) is 12.5 Å². The lowest BCUT2D eigenvalue weighted by molar-refractivity contribution is 0.386. The Bertz CT molecular complexity index is 117. The molecule has 1 N–H and O–H groups in total. The van der Waals surface area contributed by atoms with Crippen LogP contribution in [0.1, 0.15) is 32.1 Å². The normalized spacial score (nSPS) is 25.7. The number of piperidine rings is 1. The zero-order chi connectivity index (χ0) is 7.23. The summed E-state index contributed by atoms with van der Waals surface area (Å²) in [4.78, 5) is 0. The fraction of sp³-hybridized carbons (Fsp3) is 0.778. The molecular weight excluding hydrogens is 122 g/mol. The van der Waals surface area contributed by atoms with E-state index < -0.39 is 0 Å². The number of hydrogen-bond acceptors (Lipinski definition) is 1. The van der Waals surface area contributed by atoms with Crippen LogP contribution >= 0.6 is 0 Å². The molecule has 0 radical (unpaired) electrons. The van der Waals surface area contributed by atoms with E-state index in [1.165, 1.54) is 25.8 Å². The highest BCUT2D eigenvalue weighted by Gasteiger charge is 2.10. The lowest BCUT2D eigenvalue weighted by Crippen LogP contribution is -2.33. The highest BCUT2D eigenvalue weighted by Crippen LogP contribution is 2.10. The van der Waals surface area contributed by atoms with Crippen LogP contribution in [0.2, 0.25) is 0 Å². The van der Waals surface area contributed by atoms with Gasteiger partial charge >= 0.3 is 0 Å². The Hall–Kier alpha value is -0.480. The minimum atomic E-state index is 0.713. The summed E-state index contributed by atoms with van der Waals surface area (Å²) in [5.74, 6) is 2.67. The second-order valence-electron chi connectivity index (χ2n) is 2.89. The van der Waals surface area contributed by atoms with Crippen molar-refractivity contribution < 1.29 is 0 Å². The zero-order valence-corrected chi connectivity index (χ0v) is 6.40. The van der Waals surface area contributed by atoms with Crippen LogP contribution in [0.25, 0.3) is 0 Å². The highest BCUT2D eigenvalue weighted by molar-refractivity contribution is 4.86. The Morgan fingerprint density at radius 1 is 1.50 bits per heavy atom. The summed E-state index contributed by atoms with van der Waals surface area (Å²) >= 11 is 0. The second kappa shape index (κ2) is 4.35. The van der Waals surface area contributed by atoms with Crippen LogP contribution in [0.15, 0.2) is 0 Å². The SMILES string of the molecule is C#CCCC1CCCCN1. The molecule has 56 valence electrons. The van der Waals surface area contributed by atoms with Gasteiger partial charge in [-0.25, -0.2) is 0 Å². The first kappa shape index (κ1) is 7.63. The van der Waals surface area contributed by atoms with Gasteiger partial charge in [-0.2, -0.15) is 0 Å². The molecule has 0 amide bonds. The van der Waals surface area contributed by atoms with E-state index >= 15 is 0 Å². The Morgan fingerprint density at radius 2 is 2.40 bits per heavy atom. The summed E-state index contributed by atoms with van der Waals surface area (Å²) < 4.78 is 0. The summed E-state index contributed by atoms with van der Waals surface area (Å²) in [6.07, 6.45) is 11.3. The topological polar surface area (TPSA) is 12.0 Å². The molecule has 1 nitrogen and oxygen atoms in total. The van der Waals surface area contributed by atoms with Crippen LogP contribution in [-0.4, -0.2) is 12.6 Å². The molecule has 1 aliphatic heterocycles. The molecule has 0 bridgehead atoms. The Balaban J connectivity index is 2.09. The third-order valence-corrected chi connectivity index (χ3v) is 2.05. The fourth-order valence-electron chi connectivity index (χ4n) is 1.43. The molecule has 1 heteroatoms. The summed E-state index contributed by atoms with van der Waals surface area (Å²) in [5.41, 5.74) is 0. The minimum absolute atomic E-state index is 0.713. The third kappa shape index (κ3) is 2.41. The highest BCUT2D eigenvalue weighted by atomic mass is 14.9. The monoisotopic (exact) mass is 137 g/mol. The maximum Gasteiger partial charge on any atom is 0.0101 e. The molecule has 1 atom stereocenters. The van der Waals surface area contributed by atoms with Gasteiger partial charge in [0.05, 0.1) is 0 Å². The first-order valence-electron chi connectivity index (χ1n) is 4.10. The zero-order valence-electron chi connectivity index (χ0n) is 6.40. The van der Waals surface area contributed by atoms with Crippen molar-refractivity contribution in [2.45, 2.75) is 38.1 Å². The number of hydrogen-bond donors (Lipinski definition) is 1. The number of nitrogens with one attached hydrogen (secondary N) is 1. The largest absolute Gasteiger partial charge is 0.314 e. The third-order valence-electron chi connectivity index (χ3n) is 2.05. The lowest BCUT2D eigenvalue weighted by Gasteiger charge is -2.22. The van der Waals surface area contributed by atoms with Gasteiger partial charge in [-0.05, 0) is 25.8 Å². The molecule has 0 aromatic carbocycles. The average Bonchev–Trinajstić information content (AvgIpc) is 2.03. The van der Waals surface area contributed by atoms with Gasteiger partial charge in [-0.1, -0.05) is 6.42 Å². The molecule has 1 saturated heterocycles. The molecule has 1 unspecified atom stereocenters. The van der Waals surface area contributed by atoms with E-state index in [1.807, 2.05) is 0 Å². The van der Waals surface area contributed by atoms with E-state index in [0.29, 0.717) is 6.04 Å². The van der Waals surface area contributed by atoms with Crippen molar-refractivity contribution in [1.29, 1.82) is 0 Å². The van der Waals surface area contributed by atoms with E-state index in [1.54, 1.807) is 0 Å². The average molecular weight is 137 g/mol. The maximum atomic E-state index is 5.17. The van der Waals surface area contributed by atoms with E-state index in [9.17, 15) is 0 Å². The molecular formula is C9H15N. The molecule has 1 fully saturated rings. The summed E-state index contributed by atoms with van der Waals surface area (Å²) in [7, 11) is 0. The van der Waals surface area contributed by atoms with Gasteiger partial charge in [0.25, 0.3) is 0 Å². The van der Waals surface area contributed by atoms with Crippen LogP contribution in [0.3, 0.4) is 0 Å². The first-order chi connectivity index (χ1) is 4.93. The predicted octanol–water partition coefficient (Wildman–Crippen LogP) is 1.54. The van der Waals surface area contributed by atoms with E-state index in [-0.39, 0.29) is 0 Å². The minimum Gasteiger partial charge on any atom is -0.314 e. The molecule has 1 rings (SSSR count). The molecule has 1 aliphatic rings. The van der Waals surface area contributed by atoms with Crippen molar-refractivity contribution in [3.05, 3.63) is 0 Å². The van der Waals surface area contributed by atoms with Crippen molar-refractivity contribution >= 4 is 0 Å². The molecule has 0 aromatic heterocycles. The van der Waals surface area contributed by atoms with Crippen molar-refractivity contribution in [2.75, 3.05) is 6.54 Å². The molecule has 1 heterocycles. The first-order valence-corrected chi connectivity index (χ1v) is 4.10. The van der Waals surface area contributed by atoms with Crippen LogP contribution in [0.4, 0.5) is 0 Å². The van der Waals surface area contributed by atoms with Crippen molar-refractivity contribution in [3.63, 3.8) is 0 Å². The van der Waals surface area contributed by atoms with Crippen LogP contribution in [0.5, 0.6) is 0 Å². The summed E-state index contributed by atoms with van der Waals surface area (Å²) in [6.45, 7) is 1.19. The van der Waals surface area contributed by atoms with E-state index in [4.69, 9.17) is 6.42 Å². The molecule has 0 saturated carbocycles. The van der Waals surface area contributed by atoms with Crippen LogP contribution in [-0.2, 0) is 0 Å². The fourth-order valence-corrected chi connectivity index (χ4v) is 1.43. The molecule has 0 spiro atoms. The quantitative estimate of drug-likeness (QED) is 0.569. The lowest BCUT2D eigenvalue weighted by atomic mass is 10.0. The second-order valence-corrected chi connectivity index (χ2v) is 2.89. The predicted molar refractivity (Wildman–Crippen MR) is 43.7 cm³/mol. The van der Waals surface area contributed by atoms with Gasteiger partial charge in [-0.15, -0.1) is 12.3 Å². The standard InChI is InChI=1S/C9H15N/c1-2-3-6-9-7-4-5-8-10-9/h1,9-10H,3-8H2. The number of rotatable bonds is 2. The van der Waals surface area contributed by atoms with Gasteiger partial charge in [0.15, 0.2) is 0 Å². The van der Waals surface area contributed by atoms with E-state index in [0.717, 1.165) is 12.8 Å². The maximum absolute atomic E-state index is 5.17. The van der Waals surface area contributed by atoms with Crippen molar-refractivity contribution in [1.82, 2.24) is 5.32 Å². The van der Waals surface area contributed by atoms with Crippen LogP contribution < -0.4 is 5.32 Å². The van der Waals surface area contributed by atoms with Gasteiger partial charge < -0.3 is 5.32 Å². The van der Waals surface area contributed by atoms with Crippen molar-refractivity contribution in [3.8, 4) is 12.3 Å². The van der Waals surface area contributed by atoms with Gasteiger partial charge in [-0.3, -0.25) is 0 Å². The number of terminal acetylenes is 1. The molecule has 10 heavy (non-hydrogen) atoms. The van der Waals surface area contributed by atoms with Gasteiger partial charge in [0.1, 0.15) is 0 Å². The Kier molecular flexibility index (Phi) is 3.32. The van der Waals surface area contributed by atoms with Crippen LogP contribution in [0, 0.1) is 12.3 Å². The van der Waals surface area contributed by atoms with Gasteiger partial charge in [0.2, 0.25) is 0 Å². The van der Waals surface area contributed by atoms with E-state index in [2.05, 4.69) is 11.2 Å².